The molecular formula is C24H21NO5. The second kappa shape index (κ2) is 8.29. The van der Waals surface area contributed by atoms with E-state index in [-0.39, 0.29) is 12.3 Å². The number of ether oxygens (including phenoxy) is 2. The maximum atomic E-state index is 12.6. The molecular weight excluding hydrogens is 382 g/mol. The molecule has 3 aromatic carbocycles. The Morgan fingerprint density at radius 2 is 1.83 bits per heavy atom. The summed E-state index contributed by atoms with van der Waals surface area (Å²) in [6, 6.07) is 18.8. The van der Waals surface area contributed by atoms with E-state index in [1.165, 1.54) is 6.26 Å². The van der Waals surface area contributed by atoms with E-state index in [0.29, 0.717) is 22.6 Å². The highest BCUT2D eigenvalue weighted by molar-refractivity contribution is 6.03. The number of amides is 1. The Balaban J connectivity index is 1.41. The van der Waals surface area contributed by atoms with Gasteiger partial charge in [-0.1, -0.05) is 36.4 Å². The summed E-state index contributed by atoms with van der Waals surface area (Å²) in [5.74, 6) is -0.222. The zero-order valence-corrected chi connectivity index (χ0v) is 16.7. The average molecular weight is 403 g/mol. The molecule has 1 N–H and O–H groups in total. The fraction of sp³-hybridized carbons (Fsp3) is 0.167. The number of furan rings is 1. The van der Waals surface area contributed by atoms with Gasteiger partial charge in [0.05, 0.1) is 19.8 Å². The first-order valence-electron chi connectivity index (χ1n) is 9.57. The molecule has 0 saturated carbocycles. The highest BCUT2D eigenvalue weighted by Crippen LogP contribution is 2.26. The van der Waals surface area contributed by atoms with E-state index >= 15 is 0 Å². The van der Waals surface area contributed by atoms with Gasteiger partial charge < -0.3 is 19.2 Å². The number of fused-ring (bicyclic) bond motifs is 2. The Labute approximate surface area is 173 Å². The molecule has 1 atom stereocenters. The highest BCUT2D eigenvalue weighted by atomic mass is 16.5. The van der Waals surface area contributed by atoms with Crippen LogP contribution >= 0.6 is 0 Å². The van der Waals surface area contributed by atoms with E-state index in [2.05, 4.69) is 5.32 Å². The smallest absolute Gasteiger partial charge is 0.311 e. The first-order valence-corrected chi connectivity index (χ1v) is 9.57. The van der Waals surface area contributed by atoms with E-state index in [4.69, 9.17) is 13.9 Å². The Kier molecular flexibility index (Phi) is 5.39. The molecule has 4 rings (SSSR count). The lowest BCUT2D eigenvalue weighted by atomic mass is 10.1. The van der Waals surface area contributed by atoms with Crippen LogP contribution in [0.15, 0.2) is 71.3 Å². The lowest BCUT2D eigenvalue weighted by Crippen LogP contribution is -2.30. The molecule has 1 heterocycles. The molecule has 0 bridgehead atoms. The van der Waals surface area contributed by atoms with Crippen LogP contribution in [0.4, 0.5) is 5.69 Å². The lowest BCUT2D eigenvalue weighted by Gasteiger charge is -2.14. The van der Waals surface area contributed by atoms with Gasteiger partial charge in [-0.15, -0.1) is 0 Å². The van der Waals surface area contributed by atoms with E-state index in [0.717, 1.165) is 16.2 Å². The van der Waals surface area contributed by atoms with Gasteiger partial charge in [0.25, 0.3) is 5.91 Å². The van der Waals surface area contributed by atoms with Gasteiger partial charge in [0.15, 0.2) is 6.10 Å². The number of hydrogen-bond donors (Lipinski definition) is 1. The molecule has 0 aliphatic heterocycles. The van der Waals surface area contributed by atoms with Crippen molar-refractivity contribution in [3.05, 3.63) is 72.5 Å². The van der Waals surface area contributed by atoms with Crippen LogP contribution < -0.4 is 10.1 Å². The van der Waals surface area contributed by atoms with Gasteiger partial charge in [0.2, 0.25) is 0 Å². The van der Waals surface area contributed by atoms with Crippen LogP contribution in [0.25, 0.3) is 21.7 Å². The number of benzene rings is 3. The average Bonchev–Trinajstić information content (AvgIpc) is 3.15. The topological polar surface area (TPSA) is 77.8 Å². The maximum Gasteiger partial charge on any atom is 0.311 e. The quantitative estimate of drug-likeness (QED) is 0.472. The minimum Gasteiger partial charge on any atom is -0.497 e. The summed E-state index contributed by atoms with van der Waals surface area (Å²) in [6.45, 7) is 1.55. The van der Waals surface area contributed by atoms with Crippen LogP contribution in [0.1, 0.15) is 12.5 Å². The van der Waals surface area contributed by atoms with Crippen molar-refractivity contribution in [3.8, 4) is 5.75 Å². The molecule has 0 radical (unpaired) electrons. The molecule has 6 heteroatoms. The third-order valence-corrected chi connectivity index (χ3v) is 4.92. The molecule has 0 spiro atoms. The van der Waals surface area contributed by atoms with Crippen LogP contribution in [0.2, 0.25) is 0 Å². The molecule has 152 valence electrons. The highest BCUT2D eigenvalue weighted by Gasteiger charge is 2.20. The maximum absolute atomic E-state index is 12.6. The van der Waals surface area contributed by atoms with Gasteiger partial charge in [0, 0.05) is 28.1 Å². The molecule has 0 aliphatic carbocycles. The molecule has 0 saturated heterocycles. The van der Waals surface area contributed by atoms with Crippen molar-refractivity contribution in [3.63, 3.8) is 0 Å². The van der Waals surface area contributed by atoms with Crippen molar-refractivity contribution in [2.45, 2.75) is 19.4 Å². The number of carbonyl (C=O) groups is 2. The van der Waals surface area contributed by atoms with Gasteiger partial charge in [-0.3, -0.25) is 9.59 Å². The molecule has 6 nitrogen and oxygen atoms in total. The summed E-state index contributed by atoms with van der Waals surface area (Å²) in [6.07, 6.45) is 0.590. The fourth-order valence-corrected chi connectivity index (χ4v) is 3.34. The van der Waals surface area contributed by atoms with E-state index in [1.54, 1.807) is 26.2 Å². The second-order valence-corrected chi connectivity index (χ2v) is 6.95. The Hall–Kier alpha value is -3.80. The Morgan fingerprint density at radius 3 is 2.67 bits per heavy atom. The van der Waals surface area contributed by atoms with E-state index in [1.807, 2.05) is 48.5 Å². The van der Waals surface area contributed by atoms with E-state index < -0.39 is 12.1 Å². The number of hydrogen-bond acceptors (Lipinski definition) is 5. The van der Waals surface area contributed by atoms with Crippen molar-refractivity contribution in [2.24, 2.45) is 0 Å². The monoisotopic (exact) mass is 403 g/mol. The number of esters is 1. The molecule has 0 fully saturated rings. The second-order valence-electron chi connectivity index (χ2n) is 6.95. The predicted molar refractivity (Wildman–Crippen MR) is 115 cm³/mol. The van der Waals surface area contributed by atoms with Crippen molar-refractivity contribution >= 4 is 39.3 Å². The number of carbonyl (C=O) groups excluding carboxylic acids is 2. The molecule has 1 amide bonds. The first-order chi connectivity index (χ1) is 14.5. The summed E-state index contributed by atoms with van der Waals surface area (Å²) >= 11 is 0. The van der Waals surface area contributed by atoms with E-state index in [9.17, 15) is 9.59 Å². The molecule has 0 aliphatic rings. The third-order valence-electron chi connectivity index (χ3n) is 4.92. The van der Waals surface area contributed by atoms with Gasteiger partial charge in [-0.2, -0.15) is 0 Å². The van der Waals surface area contributed by atoms with Gasteiger partial charge >= 0.3 is 5.97 Å². The number of anilines is 1. The van der Waals surface area contributed by atoms with Crippen molar-refractivity contribution in [1.82, 2.24) is 0 Å². The summed E-state index contributed by atoms with van der Waals surface area (Å²) in [5.41, 5.74) is 1.99. The third kappa shape index (κ3) is 3.98. The van der Waals surface area contributed by atoms with Crippen LogP contribution in [-0.4, -0.2) is 25.1 Å². The largest absolute Gasteiger partial charge is 0.497 e. The number of methoxy groups -OCH3 is 1. The summed E-state index contributed by atoms with van der Waals surface area (Å²) < 4.78 is 16.0. The van der Waals surface area contributed by atoms with Crippen LogP contribution in [0.3, 0.4) is 0 Å². The Bertz CT molecular complexity index is 1220. The zero-order chi connectivity index (χ0) is 21.1. The Morgan fingerprint density at radius 1 is 1.03 bits per heavy atom. The molecule has 1 aromatic heterocycles. The normalized spacial score (nSPS) is 11.9. The summed E-state index contributed by atoms with van der Waals surface area (Å²) in [7, 11) is 1.58. The fourth-order valence-electron chi connectivity index (χ4n) is 3.34. The van der Waals surface area contributed by atoms with Gasteiger partial charge in [0.1, 0.15) is 11.3 Å². The van der Waals surface area contributed by atoms with Crippen LogP contribution in [0, 0.1) is 0 Å². The lowest BCUT2D eigenvalue weighted by molar-refractivity contribution is -0.152. The van der Waals surface area contributed by atoms with Crippen molar-refractivity contribution in [2.75, 3.05) is 12.4 Å². The summed E-state index contributed by atoms with van der Waals surface area (Å²) in [4.78, 5) is 24.9. The van der Waals surface area contributed by atoms with Crippen molar-refractivity contribution in [1.29, 1.82) is 0 Å². The molecule has 0 unspecified atom stereocenters. The standard InChI is InChI=1S/C24H21NO5/c1-15(24(27)25-21-9-5-7-16-6-3-4-8-19(16)21)30-23(26)12-17-14-29-22-13-18(28-2)10-11-20(17)22/h3-11,13-15H,12H2,1-2H3,(H,25,27)/t15-/m1/s1. The molecule has 4 aromatic rings. The first kappa shape index (κ1) is 19.5. The van der Waals surface area contributed by atoms with Crippen LogP contribution in [0.5, 0.6) is 5.75 Å². The minimum absolute atomic E-state index is 0.00518. The zero-order valence-electron chi connectivity index (χ0n) is 16.7. The van der Waals surface area contributed by atoms with Gasteiger partial charge in [-0.05, 0) is 30.5 Å². The number of rotatable bonds is 6. The van der Waals surface area contributed by atoms with Crippen LogP contribution in [-0.2, 0) is 20.7 Å². The van der Waals surface area contributed by atoms with Crippen molar-refractivity contribution < 1.29 is 23.5 Å². The summed E-state index contributed by atoms with van der Waals surface area (Å²) in [5, 5.41) is 5.59. The number of nitrogens with one attached hydrogen (secondary N) is 1. The minimum atomic E-state index is -0.935. The SMILES string of the molecule is COc1ccc2c(CC(=O)O[C@H](C)C(=O)Nc3cccc4ccccc34)coc2c1. The van der Waals surface area contributed by atoms with Gasteiger partial charge in [-0.25, -0.2) is 0 Å². The predicted octanol–water partition coefficient (Wildman–Crippen LogP) is 4.71. The molecule has 30 heavy (non-hydrogen) atoms.